The van der Waals surface area contributed by atoms with Gasteiger partial charge in [0.15, 0.2) is 6.61 Å². The Morgan fingerprint density at radius 1 is 1.14 bits per heavy atom. The summed E-state index contributed by atoms with van der Waals surface area (Å²) < 4.78 is 43.6. The summed E-state index contributed by atoms with van der Waals surface area (Å²) in [4.78, 5) is 16.1. The molecule has 0 aliphatic heterocycles. The van der Waals surface area contributed by atoms with Crippen molar-refractivity contribution in [1.82, 2.24) is 9.55 Å². The summed E-state index contributed by atoms with van der Waals surface area (Å²) in [6.07, 6.45) is -3.35. The average molecular weight is 424 g/mol. The van der Waals surface area contributed by atoms with Crippen molar-refractivity contribution in [3.05, 3.63) is 81.2 Å². The molecule has 152 valence electrons. The molecule has 5 nitrogen and oxygen atoms in total. The normalized spacial score (nSPS) is 11.3. The molecule has 1 heterocycles. The fourth-order valence-corrected chi connectivity index (χ4v) is 2.77. The highest BCUT2D eigenvalue weighted by molar-refractivity contribution is 6.31. The Hall–Kier alpha value is -3.00. The molecule has 0 aliphatic rings. The van der Waals surface area contributed by atoms with Crippen LogP contribution in [0.1, 0.15) is 11.1 Å². The van der Waals surface area contributed by atoms with Gasteiger partial charge in [-0.2, -0.15) is 18.2 Å². The average Bonchev–Trinajstić information content (AvgIpc) is 2.66. The molecule has 0 saturated carbocycles. The zero-order valence-electron chi connectivity index (χ0n) is 15.3. The molecule has 3 rings (SSSR count). The van der Waals surface area contributed by atoms with Crippen molar-refractivity contribution in [3.8, 4) is 5.75 Å². The van der Waals surface area contributed by atoms with Crippen LogP contribution in [-0.4, -0.2) is 22.3 Å². The number of benzene rings is 2. The Morgan fingerprint density at radius 3 is 2.55 bits per heavy atom. The van der Waals surface area contributed by atoms with Gasteiger partial charge in [-0.3, -0.25) is 4.79 Å². The summed E-state index contributed by atoms with van der Waals surface area (Å²) >= 11 is 6.13. The van der Waals surface area contributed by atoms with E-state index in [1.165, 1.54) is 10.8 Å². The lowest BCUT2D eigenvalue weighted by Crippen LogP contribution is -2.25. The van der Waals surface area contributed by atoms with Gasteiger partial charge in [-0.25, -0.2) is 0 Å². The minimum absolute atomic E-state index is 0.156. The van der Waals surface area contributed by atoms with E-state index < -0.39 is 24.1 Å². The second kappa shape index (κ2) is 8.57. The molecule has 3 aromatic rings. The van der Waals surface area contributed by atoms with Crippen molar-refractivity contribution in [1.29, 1.82) is 0 Å². The van der Waals surface area contributed by atoms with Crippen molar-refractivity contribution in [3.63, 3.8) is 0 Å². The maximum absolute atomic E-state index is 12.5. The molecule has 0 saturated heterocycles. The first-order valence-electron chi connectivity index (χ1n) is 8.60. The quantitative estimate of drug-likeness (QED) is 0.610. The van der Waals surface area contributed by atoms with Crippen molar-refractivity contribution < 1.29 is 17.9 Å². The van der Waals surface area contributed by atoms with Crippen molar-refractivity contribution in [2.75, 3.05) is 11.9 Å². The predicted molar refractivity (Wildman–Crippen MR) is 105 cm³/mol. The van der Waals surface area contributed by atoms with Gasteiger partial charge in [0, 0.05) is 10.7 Å². The third kappa shape index (κ3) is 5.51. The van der Waals surface area contributed by atoms with Gasteiger partial charge in [-0.05, 0) is 30.2 Å². The number of nitrogens with zero attached hydrogens (tertiary/aromatic N) is 2. The Kier molecular flexibility index (Phi) is 6.12. The zero-order valence-corrected chi connectivity index (χ0v) is 16.1. The molecule has 0 atom stereocenters. The molecule has 2 aromatic carbocycles. The Morgan fingerprint density at radius 2 is 1.86 bits per heavy atom. The lowest BCUT2D eigenvalue weighted by atomic mass is 10.2. The van der Waals surface area contributed by atoms with E-state index in [1.54, 1.807) is 25.1 Å². The molecular weight excluding hydrogens is 407 g/mol. The maximum atomic E-state index is 12.5. The van der Waals surface area contributed by atoms with Crippen LogP contribution in [0.3, 0.4) is 0 Å². The van der Waals surface area contributed by atoms with Crippen LogP contribution in [-0.2, 0) is 6.54 Å². The van der Waals surface area contributed by atoms with Gasteiger partial charge in [0.1, 0.15) is 0 Å². The second-order valence-electron chi connectivity index (χ2n) is 6.29. The summed E-state index contributed by atoms with van der Waals surface area (Å²) in [6, 6.07) is 14.4. The van der Waals surface area contributed by atoms with Gasteiger partial charge in [0.2, 0.25) is 11.7 Å². The minimum atomic E-state index is -4.56. The fourth-order valence-electron chi connectivity index (χ4n) is 2.60. The summed E-state index contributed by atoms with van der Waals surface area (Å²) in [5.74, 6) is -0.324. The van der Waals surface area contributed by atoms with Crippen LogP contribution < -0.4 is 15.6 Å². The standard InChI is InChI=1S/C20H17ClF3N3O2/c1-13-15(21)8-5-9-16(13)25-19-26-18(28)17(29-12-20(22,23)24)11-27(19)10-14-6-3-2-4-7-14/h2-9,11H,10,12H2,1H3,(H,25,26,28). The van der Waals surface area contributed by atoms with Crippen molar-refractivity contribution >= 4 is 23.2 Å². The highest BCUT2D eigenvalue weighted by atomic mass is 35.5. The monoisotopic (exact) mass is 423 g/mol. The van der Waals surface area contributed by atoms with E-state index >= 15 is 0 Å². The van der Waals surface area contributed by atoms with E-state index in [1.807, 2.05) is 30.3 Å². The highest BCUT2D eigenvalue weighted by Gasteiger charge is 2.29. The summed E-state index contributed by atoms with van der Waals surface area (Å²) in [5.41, 5.74) is 1.33. The summed E-state index contributed by atoms with van der Waals surface area (Å²) in [6.45, 7) is 0.485. The molecule has 0 amide bonds. The van der Waals surface area contributed by atoms with Crippen LogP contribution in [0, 0.1) is 6.92 Å². The lowest BCUT2D eigenvalue weighted by molar-refractivity contribution is -0.153. The second-order valence-corrected chi connectivity index (χ2v) is 6.70. The van der Waals surface area contributed by atoms with Gasteiger partial charge < -0.3 is 14.6 Å². The fraction of sp³-hybridized carbons (Fsp3) is 0.200. The maximum Gasteiger partial charge on any atom is 0.422 e. The van der Waals surface area contributed by atoms with E-state index in [0.29, 0.717) is 10.7 Å². The molecule has 0 fully saturated rings. The van der Waals surface area contributed by atoms with Crippen LogP contribution >= 0.6 is 11.6 Å². The van der Waals surface area contributed by atoms with Crippen LogP contribution in [0.25, 0.3) is 0 Å². The third-order valence-electron chi connectivity index (χ3n) is 4.06. The van der Waals surface area contributed by atoms with Gasteiger partial charge in [-0.1, -0.05) is 48.0 Å². The molecular formula is C20H17ClF3N3O2. The third-order valence-corrected chi connectivity index (χ3v) is 4.47. The van der Waals surface area contributed by atoms with Gasteiger partial charge in [0.05, 0.1) is 12.7 Å². The topological polar surface area (TPSA) is 56.1 Å². The van der Waals surface area contributed by atoms with E-state index in [-0.39, 0.29) is 12.5 Å². The van der Waals surface area contributed by atoms with Crippen molar-refractivity contribution in [2.24, 2.45) is 0 Å². The Bertz CT molecular complexity index is 1050. The van der Waals surface area contributed by atoms with E-state index in [2.05, 4.69) is 15.0 Å². The number of ether oxygens (including phenoxy) is 1. The number of anilines is 2. The molecule has 29 heavy (non-hydrogen) atoms. The summed E-state index contributed by atoms with van der Waals surface area (Å²) in [5, 5.41) is 3.56. The molecule has 0 bridgehead atoms. The molecule has 1 aromatic heterocycles. The molecule has 0 aliphatic carbocycles. The molecule has 9 heteroatoms. The lowest BCUT2D eigenvalue weighted by Gasteiger charge is -2.17. The van der Waals surface area contributed by atoms with Gasteiger partial charge in [-0.15, -0.1) is 0 Å². The van der Waals surface area contributed by atoms with Crippen LogP contribution in [0.2, 0.25) is 5.02 Å². The number of alkyl halides is 3. The highest BCUT2D eigenvalue weighted by Crippen LogP contribution is 2.26. The number of hydrogen-bond acceptors (Lipinski definition) is 4. The first-order valence-corrected chi connectivity index (χ1v) is 8.98. The van der Waals surface area contributed by atoms with Crippen LogP contribution in [0.4, 0.5) is 24.8 Å². The van der Waals surface area contributed by atoms with Gasteiger partial charge >= 0.3 is 11.7 Å². The molecule has 0 spiro atoms. The van der Waals surface area contributed by atoms with Crippen molar-refractivity contribution in [2.45, 2.75) is 19.6 Å². The largest absolute Gasteiger partial charge is 0.477 e. The predicted octanol–water partition coefficient (Wildman–Crippen LogP) is 4.94. The Labute approximate surface area is 169 Å². The Balaban J connectivity index is 2.00. The zero-order chi connectivity index (χ0) is 21.0. The van der Waals surface area contributed by atoms with Gasteiger partial charge in [0.25, 0.3) is 0 Å². The van der Waals surface area contributed by atoms with E-state index in [9.17, 15) is 18.0 Å². The molecule has 0 unspecified atom stereocenters. The molecule has 1 N–H and O–H groups in total. The van der Waals surface area contributed by atoms with Crippen LogP contribution in [0.15, 0.2) is 59.5 Å². The number of hydrogen-bond donors (Lipinski definition) is 1. The van der Waals surface area contributed by atoms with E-state index in [0.717, 1.165) is 11.1 Å². The minimum Gasteiger partial charge on any atom is -0.477 e. The SMILES string of the molecule is Cc1c(Cl)cccc1Nc1nc(=O)c(OCC(F)(F)F)cn1Cc1ccccc1. The summed E-state index contributed by atoms with van der Waals surface area (Å²) in [7, 11) is 0. The number of rotatable bonds is 6. The van der Waals surface area contributed by atoms with E-state index in [4.69, 9.17) is 11.6 Å². The number of nitrogens with one attached hydrogen (secondary N) is 1. The first-order chi connectivity index (χ1) is 13.7. The molecule has 0 radical (unpaired) electrons. The number of aromatic nitrogens is 2. The number of halogens is 4. The smallest absolute Gasteiger partial charge is 0.422 e. The van der Waals surface area contributed by atoms with Crippen LogP contribution in [0.5, 0.6) is 5.75 Å². The first kappa shape index (κ1) is 20.7.